The highest BCUT2D eigenvalue weighted by atomic mass is 19.1. The molecule has 2 aromatic heterocycles. The first-order chi connectivity index (χ1) is 14.6. The molecule has 0 bridgehead atoms. The molecular weight excluding hydrogens is 387 g/mol. The summed E-state index contributed by atoms with van der Waals surface area (Å²) in [4.78, 5) is 16.8. The van der Waals surface area contributed by atoms with Crippen molar-refractivity contribution in [3.8, 4) is 28.7 Å². The van der Waals surface area contributed by atoms with Gasteiger partial charge in [-0.15, -0.1) is 0 Å². The Kier molecular flexibility index (Phi) is 5.56. The third kappa shape index (κ3) is 4.22. The molecule has 0 aliphatic carbocycles. The van der Waals surface area contributed by atoms with Gasteiger partial charge in [0.25, 0.3) is 5.89 Å². The summed E-state index contributed by atoms with van der Waals surface area (Å²) in [5.74, 6) is 0.834. The van der Waals surface area contributed by atoms with E-state index in [1.165, 1.54) is 12.1 Å². The van der Waals surface area contributed by atoms with Crippen LogP contribution in [0.3, 0.4) is 0 Å². The lowest BCUT2D eigenvalue weighted by atomic mass is 10.2. The van der Waals surface area contributed by atoms with Crippen molar-refractivity contribution in [2.75, 3.05) is 7.11 Å². The van der Waals surface area contributed by atoms with Crippen LogP contribution in [0.4, 0.5) is 4.39 Å². The fourth-order valence-corrected chi connectivity index (χ4v) is 3.04. The van der Waals surface area contributed by atoms with Crippen LogP contribution < -0.4 is 10.1 Å². The SMILES string of the molecule is COc1ccccc1CNC(=O)Cn1cccc1-c1nc(-c2ccc(F)cc2)no1. The van der Waals surface area contributed by atoms with Crippen LogP contribution in [0, 0.1) is 5.82 Å². The van der Waals surface area contributed by atoms with Gasteiger partial charge in [0.1, 0.15) is 23.8 Å². The highest BCUT2D eigenvalue weighted by Gasteiger charge is 2.16. The van der Waals surface area contributed by atoms with E-state index in [2.05, 4.69) is 15.5 Å². The van der Waals surface area contributed by atoms with Crippen LogP contribution in [0.25, 0.3) is 23.0 Å². The van der Waals surface area contributed by atoms with Gasteiger partial charge in [0.05, 0.1) is 7.11 Å². The van der Waals surface area contributed by atoms with Crippen LogP contribution in [0.1, 0.15) is 5.56 Å². The normalized spacial score (nSPS) is 10.7. The van der Waals surface area contributed by atoms with Crippen LogP contribution in [0.2, 0.25) is 0 Å². The minimum atomic E-state index is -0.338. The van der Waals surface area contributed by atoms with E-state index in [1.54, 1.807) is 42.1 Å². The maximum absolute atomic E-state index is 13.1. The maximum atomic E-state index is 13.1. The predicted octanol–water partition coefficient (Wildman–Crippen LogP) is 3.67. The highest BCUT2D eigenvalue weighted by Crippen LogP contribution is 2.23. The Labute approximate surface area is 172 Å². The molecule has 2 aromatic carbocycles. The van der Waals surface area contributed by atoms with Gasteiger partial charge in [0.15, 0.2) is 0 Å². The number of nitrogens with zero attached hydrogens (tertiary/aromatic N) is 3. The van der Waals surface area contributed by atoms with Crippen LogP contribution in [-0.4, -0.2) is 27.7 Å². The van der Waals surface area contributed by atoms with Crippen molar-refractivity contribution in [2.45, 2.75) is 13.1 Å². The van der Waals surface area contributed by atoms with Gasteiger partial charge < -0.3 is 19.1 Å². The molecule has 1 amide bonds. The molecule has 2 heterocycles. The van der Waals surface area contributed by atoms with Crippen molar-refractivity contribution in [2.24, 2.45) is 0 Å². The Morgan fingerprint density at radius 2 is 1.93 bits per heavy atom. The van der Waals surface area contributed by atoms with E-state index in [-0.39, 0.29) is 24.2 Å². The van der Waals surface area contributed by atoms with Gasteiger partial charge in [-0.05, 0) is 42.5 Å². The fourth-order valence-electron chi connectivity index (χ4n) is 3.04. The van der Waals surface area contributed by atoms with Crippen molar-refractivity contribution in [3.05, 3.63) is 78.2 Å². The second-order valence-electron chi connectivity index (χ2n) is 6.54. The zero-order valence-electron chi connectivity index (χ0n) is 16.2. The van der Waals surface area contributed by atoms with E-state index in [0.29, 0.717) is 23.6 Å². The monoisotopic (exact) mass is 406 g/mol. The number of carbonyl (C=O) groups excluding carboxylic acids is 1. The number of nitrogens with one attached hydrogen (secondary N) is 1. The largest absolute Gasteiger partial charge is 0.496 e. The van der Waals surface area contributed by atoms with Gasteiger partial charge in [0, 0.05) is 23.9 Å². The molecule has 30 heavy (non-hydrogen) atoms. The van der Waals surface area contributed by atoms with E-state index in [9.17, 15) is 9.18 Å². The van der Waals surface area contributed by atoms with Gasteiger partial charge in [-0.2, -0.15) is 4.98 Å². The average molecular weight is 406 g/mol. The Morgan fingerprint density at radius 3 is 2.73 bits per heavy atom. The Morgan fingerprint density at radius 1 is 1.13 bits per heavy atom. The molecule has 0 saturated carbocycles. The Balaban J connectivity index is 1.44. The fraction of sp³-hybridized carbons (Fsp3) is 0.136. The molecule has 4 rings (SSSR count). The zero-order valence-corrected chi connectivity index (χ0v) is 16.2. The molecule has 0 spiro atoms. The number of amides is 1. The van der Waals surface area contributed by atoms with Crippen LogP contribution in [0.5, 0.6) is 5.75 Å². The van der Waals surface area contributed by atoms with Crippen LogP contribution in [-0.2, 0) is 17.9 Å². The van der Waals surface area contributed by atoms with E-state index < -0.39 is 0 Å². The minimum Gasteiger partial charge on any atom is -0.496 e. The third-order valence-corrected chi connectivity index (χ3v) is 4.56. The Hall–Kier alpha value is -3.94. The molecule has 0 fully saturated rings. The van der Waals surface area contributed by atoms with E-state index in [4.69, 9.17) is 9.26 Å². The lowest BCUT2D eigenvalue weighted by molar-refractivity contribution is -0.121. The second kappa shape index (κ2) is 8.60. The van der Waals surface area contributed by atoms with Crippen molar-refractivity contribution in [3.63, 3.8) is 0 Å². The number of para-hydroxylation sites is 1. The molecule has 0 atom stereocenters. The minimum absolute atomic E-state index is 0.0890. The van der Waals surface area contributed by atoms with Crippen molar-refractivity contribution in [1.82, 2.24) is 20.0 Å². The summed E-state index contributed by atoms with van der Waals surface area (Å²) < 4.78 is 25.5. The van der Waals surface area contributed by atoms with Crippen molar-refractivity contribution in [1.29, 1.82) is 0 Å². The maximum Gasteiger partial charge on any atom is 0.274 e. The number of ether oxygens (including phenoxy) is 1. The van der Waals surface area contributed by atoms with Crippen LogP contribution >= 0.6 is 0 Å². The first-order valence-electron chi connectivity index (χ1n) is 9.28. The molecule has 0 unspecified atom stereocenters. The average Bonchev–Trinajstić information content (AvgIpc) is 3.42. The topological polar surface area (TPSA) is 82.2 Å². The number of benzene rings is 2. The van der Waals surface area contributed by atoms with Gasteiger partial charge in [0.2, 0.25) is 11.7 Å². The number of halogens is 1. The quantitative estimate of drug-likeness (QED) is 0.506. The van der Waals surface area contributed by atoms with Gasteiger partial charge in [-0.1, -0.05) is 23.4 Å². The van der Waals surface area contributed by atoms with Crippen LogP contribution in [0.15, 0.2) is 71.4 Å². The molecule has 0 aliphatic rings. The second-order valence-corrected chi connectivity index (χ2v) is 6.54. The molecule has 0 saturated heterocycles. The summed E-state index contributed by atoms with van der Waals surface area (Å²) in [5, 5.41) is 6.84. The molecule has 7 nitrogen and oxygen atoms in total. The number of methoxy groups -OCH3 is 1. The summed E-state index contributed by atoms with van der Waals surface area (Å²) in [7, 11) is 1.59. The van der Waals surface area contributed by atoms with Gasteiger partial charge in [-0.3, -0.25) is 4.79 Å². The standard InChI is InChI=1S/C22H19FN4O3/c1-29-19-7-3-2-5-16(19)13-24-20(28)14-27-12-4-6-18(27)22-25-21(26-30-22)15-8-10-17(23)11-9-15/h2-12H,13-14H2,1H3,(H,24,28). The van der Waals surface area contributed by atoms with Gasteiger partial charge >= 0.3 is 0 Å². The van der Waals surface area contributed by atoms with Crippen molar-refractivity contribution >= 4 is 5.91 Å². The van der Waals surface area contributed by atoms with E-state index >= 15 is 0 Å². The number of rotatable bonds is 7. The summed E-state index contributed by atoms with van der Waals surface area (Å²) >= 11 is 0. The smallest absolute Gasteiger partial charge is 0.274 e. The highest BCUT2D eigenvalue weighted by molar-refractivity contribution is 5.76. The Bertz CT molecular complexity index is 1150. The summed E-state index contributed by atoms with van der Waals surface area (Å²) in [6.07, 6.45) is 1.76. The number of hydrogen-bond donors (Lipinski definition) is 1. The summed E-state index contributed by atoms with van der Waals surface area (Å²) in [6, 6.07) is 16.9. The molecule has 4 aromatic rings. The molecule has 0 radical (unpaired) electrons. The molecule has 8 heteroatoms. The lowest BCUT2D eigenvalue weighted by Gasteiger charge is -2.10. The predicted molar refractivity (Wildman–Crippen MR) is 108 cm³/mol. The van der Waals surface area contributed by atoms with Crippen molar-refractivity contribution < 1.29 is 18.4 Å². The summed E-state index contributed by atoms with van der Waals surface area (Å²) in [6.45, 7) is 0.445. The first-order valence-corrected chi connectivity index (χ1v) is 9.28. The number of carbonyl (C=O) groups is 1. The zero-order chi connectivity index (χ0) is 20.9. The molecule has 152 valence electrons. The van der Waals surface area contributed by atoms with Gasteiger partial charge in [-0.25, -0.2) is 4.39 Å². The number of hydrogen-bond acceptors (Lipinski definition) is 5. The molecule has 0 aliphatic heterocycles. The molecular formula is C22H19FN4O3. The van der Waals surface area contributed by atoms with E-state index in [0.717, 1.165) is 11.3 Å². The van der Waals surface area contributed by atoms with E-state index in [1.807, 2.05) is 24.3 Å². The summed E-state index contributed by atoms with van der Waals surface area (Å²) in [5.41, 5.74) is 2.14. The first kappa shape index (κ1) is 19.4. The third-order valence-electron chi connectivity index (χ3n) is 4.56. The lowest BCUT2D eigenvalue weighted by Crippen LogP contribution is -2.27. The molecule has 1 N–H and O–H groups in total. The number of aromatic nitrogens is 3.